The van der Waals surface area contributed by atoms with E-state index in [1.54, 1.807) is 7.11 Å². The van der Waals surface area contributed by atoms with Crippen LogP contribution in [0.4, 0.5) is 5.82 Å². The van der Waals surface area contributed by atoms with Gasteiger partial charge in [-0.25, -0.2) is 4.98 Å². The Labute approximate surface area is 111 Å². The fraction of sp³-hybridized carbons (Fsp3) is 0.615. The van der Waals surface area contributed by atoms with Crippen LogP contribution in [-0.4, -0.2) is 31.8 Å². The molecule has 1 saturated heterocycles. The second-order valence-electron chi connectivity index (χ2n) is 4.73. The van der Waals surface area contributed by atoms with Gasteiger partial charge in [-0.15, -0.1) is 0 Å². The maximum atomic E-state index is 5.26. The standard InChI is InChI=1S/C13H19BrN2O/c1-10-6-12(14)13(15-7-10)16-5-3-4-11(8-16)9-17-2/h6-7,11H,3-5,8-9H2,1-2H3. The monoisotopic (exact) mass is 298 g/mol. The van der Waals surface area contributed by atoms with Crippen molar-refractivity contribution in [1.29, 1.82) is 0 Å². The van der Waals surface area contributed by atoms with Gasteiger partial charge < -0.3 is 9.64 Å². The number of ether oxygens (including phenoxy) is 1. The molecular formula is C13H19BrN2O. The first-order chi connectivity index (χ1) is 8.20. The average Bonchev–Trinajstić information content (AvgIpc) is 2.29. The van der Waals surface area contributed by atoms with Crippen molar-refractivity contribution in [3.63, 3.8) is 0 Å². The quantitative estimate of drug-likeness (QED) is 0.858. The lowest BCUT2D eigenvalue weighted by atomic mass is 9.99. The number of piperidine rings is 1. The molecule has 0 spiro atoms. The van der Waals surface area contributed by atoms with Gasteiger partial charge in [0, 0.05) is 26.4 Å². The summed E-state index contributed by atoms with van der Waals surface area (Å²) in [6.45, 7) is 5.04. The van der Waals surface area contributed by atoms with Gasteiger partial charge in [-0.1, -0.05) is 0 Å². The molecule has 0 N–H and O–H groups in total. The summed E-state index contributed by atoms with van der Waals surface area (Å²) in [4.78, 5) is 6.89. The van der Waals surface area contributed by atoms with Gasteiger partial charge in [0.05, 0.1) is 11.1 Å². The average molecular weight is 299 g/mol. The Morgan fingerprint density at radius 2 is 2.41 bits per heavy atom. The van der Waals surface area contributed by atoms with Crippen LogP contribution in [0.5, 0.6) is 0 Å². The second-order valence-corrected chi connectivity index (χ2v) is 5.58. The van der Waals surface area contributed by atoms with E-state index in [9.17, 15) is 0 Å². The Bertz CT molecular complexity index is 382. The highest BCUT2D eigenvalue weighted by Crippen LogP contribution is 2.28. The molecule has 1 unspecified atom stereocenters. The first kappa shape index (κ1) is 12.8. The molecule has 0 aliphatic carbocycles. The predicted octanol–water partition coefficient (Wildman–Crippen LogP) is 3.02. The number of hydrogen-bond acceptors (Lipinski definition) is 3. The third kappa shape index (κ3) is 3.19. The van der Waals surface area contributed by atoms with Gasteiger partial charge in [-0.2, -0.15) is 0 Å². The van der Waals surface area contributed by atoms with E-state index in [0.717, 1.165) is 30.0 Å². The minimum atomic E-state index is 0.628. The van der Waals surface area contributed by atoms with Gasteiger partial charge in [0.2, 0.25) is 0 Å². The topological polar surface area (TPSA) is 25.4 Å². The summed E-state index contributed by atoms with van der Waals surface area (Å²) < 4.78 is 6.35. The third-order valence-corrected chi connectivity index (χ3v) is 3.76. The van der Waals surface area contributed by atoms with Crippen molar-refractivity contribution in [3.05, 3.63) is 22.3 Å². The summed E-state index contributed by atoms with van der Waals surface area (Å²) >= 11 is 3.61. The van der Waals surface area contributed by atoms with Crippen molar-refractivity contribution in [2.24, 2.45) is 5.92 Å². The number of rotatable bonds is 3. The summed E-state index contributed by atoms with van der Waals surface area (Å²) in [7, 11) is 1.78. The van der Waals surface area contributed by atoms with E-state index in [-0.39, 0.29) is 0 Å². The molecule has 3 nitrogen and oxygen atoms in total. The molecule has 2 heterocycles. The van der Waals surface area contributed by atoms with Gasteiger partial charge in [-0.3, -0.25) is 0 Å². The highest BCUT2D eigenvalue weighted by Gasteiger charge is 2.22. The zero-order chi connectivity index (χ0) is 12.3. The number of nitrogens with zero attached hydrogens (tertiary/aromatic N) is 2. The van der Waals surface area contributed by atoms with E-state index in [0.29, 0.717) is 5.92 Å². The molecule has 1 aliphatic rings. The number of aryl methyl sites for hydroxylation is 1. The lowest BCUT2D eigenvalue weighted by molar-refractivity contribution is 0.143. The van der Waals surface area contributed by atoms with Crippen LogP contribution in [0.3, 0.4) is 0 Å². The van der Waals surface area contributed by atoms with E-state index in [1.165, 1.54) is 18.4 Å². The summed E-state index contributed by atoms with van der Waals surface area (Å²) in [5.74, 6) is 1.69. The Kier molecular flexibility index (Phi) is 4.40. The van der Waals surface area contributed by atoms with Crippen molar-refractivity contribution >= 4 is 21.7 Å². The number of methoxy groups -OCH3 is 1. The number of hydrogen-bond donors (Lipinski definition) is 0. The summed E-state index contributed by atoms with van der Waals surface area (Å²) in [5.41, 5.74) is 1.19. The molecule has 0 saturated carbocycles. The molecule has 1 aromatic rings. The predicted molar refractivity (Wildman–Crippen MR) is 73.5 cm³/mol. The number of aromatic nitrogens is 1. The molecule has 4 heteroatoms. The second kappa shape index (κ2) is 5.83. The smallest absolute Gasteiger partial charge is 0.142 e. The van der Waals surface area contributed by atoms with Crippen LogP contribution in [0.15, 0.2) is 16.7 Å². The molecule has 2 rings (SSSR count). The summed E-state index contributed by atoms with van der Waals surface area (Å²) in [6, 6.07) is 2.13. The lowest BCUT2D eigenvalue weighted by Crippen LogP contribution is -2.37. The van der Waals surface area contributed by atoms with Gasteiger partial charge in [-0.05, 0) is 53.2 Å². The molecule has 1 atom stereocenters. The Morgan fingerprint density at radius 3 is 3.12 bits per heavy atom. The zero-order valence-corrected chi connectivity index (χ0v) is 12.0. The highest BCUT2D eigenvalue weighted by atomic mass is 79.9. The first-order valence-electron chi connectivity index (χ1n) is 6.06. The van der Waals surface area contributed by atoms with Gasteiger partial charge in [0.25, 0.3) is 0 Å². The van der Waals surface area contributed by atoms with Crippen LogP contribution in [0.1, 0.15) is 18.4 Å². The van der Waals surface area contributed by atoms with Crippen LogP contribution < -0.4 is 4.90 Å². The molecule has 0 aromatic carbocycles. The molecule has 1 fully saturated rings. The van der Waals surface area contributed by atoms with E-state index < -0.39 is 0 Å². The third-order valence-electron chi connectivity index (χ3n) is 3.18. The van der Waals surface area contributed by atoms with Gasteiger partial charge in [0.15, 0.2) is 0 Å². The van der Waals surface area contributed by atoms with Gasteiger partial charge >= 0.3 is 0 Å². The summed E-state index contributed by atoms with van der Waals surface area (Å²) in [6.07, 6.45) is 4.41. The zero-order valence-electron chi connectivity index (χ0n) is 10.4. The summed E-state index contributed by atoms with van der Waals surface area (Å²) in [5, 5.41) is 0. The Balaban J connectivity index is 2.10. The van der Waals surface area contributed by atoms with Crippen molar-refractivity contribution < 1.29 is 4.74 Å². The van der Waals surface area contributed by atoms with Crippen molar-refractivity contribution in [3.8, 4) is 0 Å². The Morgan fingerprint density at radius 1 is 1.59 bits per heavy atom. The fourth-order valence-corrected chi connectivity index (χ4v) is 3.10. The molecule has 1 aromatic heterocycles. The Hall–Kier alpha value is -0.610. The number of pyridine rings is 1. The minimum Gasteiger partial charge on any atom is -0.384 e. The molecule has 94 valence electrons. The molecule has 17 heavy (non-hydrogen) atoms. The first-order valence-corrected chi connectivity index (χ1v) is 6.86. The lowest BCUT2D eigenvalue weighted by Gasteiger charge is -2.33. The van der Waals surface area contributed by atoms with E-state index in [1.807, 2.05) is 6.20 Å². The number of halogens is 1. The largest absolute Gasteiger partial charge is 0.384 e. The molecular weight excluding hydrogens is 280 g/mol. The van der Waals surface area contributed by atoms with Crippen LogP contribution in [0, 0.1) is 12.8 Å². The molecule has 0 radical (unpaired) electrons. The SMILES string of the molecule is COCC1CCCN(c2ncc(C)cc2Br)C1. The van der Waals surface area contributed by atoms with E-state index in [2.05, 4.69) is 38.8 Å². The van der Waals surface area contributed by atoms with Crippen molar-refractivity contribution in [2.75, 3.05) is 31.7 Å². The van der Waals surface area contributed by atoms with Crippen LogP contribution in [-0.2, 0) is 4.74 Å². The van der Waals surface area contributed by atoms with Crippen LogP contribution >= 0.6 is 15.9 Å². The van der Waals surface area contributed by atoms with Crippen molar-refractivity contribution in [2.45, 2.75) is 19.8 Å². The van der Waals surface area contributed by atoms with Crippen molar-refractivity contribution in [1.82, 2.24) is 4.98 Å². The molecule has 1 aliphatic heterocycles. The van der Waals surface area contributed by atoms with E-state index in [4.69, 9.17) is 4.74 Å². The maximum absolute atomic E-state index is 5.26. The van der Waals surface area contributed by atoms with Gasteiger partial charge in [0.1, 0.15) is 5.82 Å². The normalized spacial score (nSPS) is 20.6. The minimum absolute atomic E-state index is 0.628. The maximum Gasteiger partial charge on any atom is 0.142 e. The number of anilines is 1. The molecule has 0 bridgehead atoms. The van der Waals surface area contributed by atoms with E-state index >= 15 is 0 Å². The van der Waals surface area contributed by atoms with Crippen LogP contribution in [0.2, 0.25) is 0 Å². The fourth-order valence-electron chi connectivity index (χ4n) is 2.39. The molecule has 0 amide bonds. The van der Waals surface area contributed by atoms with Crippen LogP contribution in [0.25, 0.3) is 0 Å². The highest BCUT2D eigenvalue weighted by molar-refractivity contribution is 9.10.